The summed E-state index contributed by atoms with van der Waals surface area (Å²) in [5.41, 5.74) is 1.84. The lowest BCUT2D eigenvalue weighted by molar-refractivity contribution is -0.131. The normalized spacial score (nSPS) is 17.5. The van der Waals surface area contributed by atoms with Gasteiger partial charge in [0, 0.05) is 44.0 Å². The van der Waals surface area contributed by atoms with Crippen molar-refractivity contribution in [2.24, 2.45) is 5.92 Å². The summed E-state index contributed by atoms with van der Waals surface area (Å²) in [6.45, 7) is 3.24. The zero-order valence-corrected chi connectivity index (χ0v) is 16.8. The van der Waals surface area contributed by atoms with Crippen molar-refractivity contribution in [3.8, 4) is 0 Å². The summed E-state index contributed by atoms with van der Waals surface area (Å²) in [5, 5.41) is 2.83. The number of hydrogen-bond acceptors (Lipinski definition) is 4. The molecule has 1 aromatic carbocycles. The highest BCUT2D eigenvalue weighted by atomic mass is 16.3. The Morgan fingerprint density at radius 2 is 1.72 bits per heavy atom. The number of nitrogens with one attached hydrogen (secondary N) is 1. The number of hydrogen-bond donors (Lipinski definition) is 1. The molecule has 0 atom stereocenters. The number of furan rings is 1. The van der Waals surface area contributed by atoms with Crippen LogP contribution in [0.4, 0.5) is 11.4 Å². The lowest BCUT2D eigenvalue weighted by Gasteiger charge is -2.36. The predicted octanol–water partition coefficient (Wildman–Crippen LogP) is 4.15. The third-order valence-corrected chi connectivity index (χ3v) is 6.11. The first-order valence-corrected chi connectivity index (χ1v) is 10.7. The molecule has 6 heteroatoms. The van der Waals surface area contributed by atoms with E-state index in [2.05, 4.69) is 10.2 Å². The van der Waals surface area contributed by atoms with Crippen LogP contribution in [-0.2, 0) is 4.79 Å². The van der Waals surface area contributed by atoms with E-state index in [1.165, 1.54) is 31.9 Å². The highest BCUT2D eigenvalue weighted by Crippen LogP contribution is 2.29. The Hall–Kier alpha value is -2.76. The molecule has 4 rings (SSSR count). The van der Waals surface area contributed by atoms with Gasteiger partial charge in [-0.1, -0.05) is 25.7 Å². The molecule has 2 aromatic rings. The Balaban J connectivity index is 1.24. The standard InChI is InChI=1S/C23H29N3O3/c27-22(12-7-18-4-1-2-5-18)26-15-13-25(14-16-26)20-10-8-19(9-11-20)24-23(28)21-6-3-17-29-21/h3,6,8-11,17-18H,1-2,4-5,7,12-16H2,(H,24,28). The van der Waals surface area contributed by atoms with Gasteiger partial charge in [0.2, 0.25) is 5.91 Å². The minimum Gasteiger partial charge on any atom is -0.459 e. The molecule has 0 spiro atoms. The smallest absolute Gasteiger partial charge is 0.291 e. The van der Waals surface area contributed by atoms with Crippen LogP contribution in [0, 0.1) is 5.92 Å². The van der Waals surface area contributed by atoms with Crippen LogP contribution in [0.3, 0.4) is 0 Å². The van der Waals surface area contributed by atoms with E-state index in [4.69, 9.17) is 4.42 Å². The Morgan fingerprint density at radius 3 is 2.38 bits per heavy atom. The molecular weight excluding hydrogens is 366 g/mol. The maximum atomic E-state index is 12.5. The quantitative estimate of drug-likeness (QED) is 0.798. The number of carbonyl (C=O) groups excluding carboxylic acids is 2. The minimum atomic E-state index is -0.257. The Bertz CT molecular complexity index is 802. The third-order valence-electron chi connectivity index (χ3n) is 6.11. The molecule has 2 fully saturated rings. The van der Waals surface area contributed by atoms with Crippen molar-refractivity contribution in [3.63, 3.8) is 0 Å². The Morgan fingerprint density at radius 1 is 1.00 bits per heavy atom. The number of anilines is 2. The van der Waals surface area contributed by atoms with E-state index in [0.717, 1.165) is 49.9 Å². The minimum absolute atomic E-state index is 0.257. The highest BCUT2D eigenvalue weighted by Gasteiger charge is 2.23. The number of amides is 2. The van der Waals surface area contributed by atoms with Crippen LogP contribution >= 0.6 is 0 Å². The summed E-state index contributed by atoms with van der Waals surface area (Å²) in [7, 11) is 0. The molecule has 29 heavy (non-hydrogen) atoms. The monoisotopic (exact) mass is 395 g/mol. The van der Waals surface area contributed by atoms with Gasteiger partial charge in [-0.25, -0.2) is 0 Å². The SMILES string of the molecule is O=C(Nc1ccc(N2CCN(C(=O)CCC3CCCC3)CC2)cc1)c1ccco1. The molecular formula is C23H29N3O3. The molecule has 154 valence electrons. The van der Waals surface area contributed by atoms with Gasteiger partial charge in [0.15, 0.2) is 5.76 Å². The number of benzene rings is 1. The van der Waals surface area contributed by atoms with Crippen LogP contribution < -0.4 is 10.2 Å². The second-order valence-corrected chi connectivity index (χ2v) is 8.04. The molecule has 2 heterocycles. The topological polar surface area (TPSA) is 65.8 Å². The van der Waals surface area contributed by atoms with Gasteiger partial charge in [-0.3, -0.25) is 9.59 Å². The molecule has 1 aliphatic carbocycles. The average Bonchev–Trinajstić information content (AvgIpc) is 3.47. The molecule has 0 unspecified atom stereocenters. The Labute approximate surface area is 171 Å². The fourth-order valence-electron chi connectivity index (χ4n) is 4.35. The zero-order valence-electron chi connectivity index (χ0n) is 16.8. The van der Waals surface area contributed by atoms with Crippen LogP contribution in [-0.4, -0.2) is 42.9 Å². The molecule has 1 aliphatic heterocycles. The number of carbonyl (C=O) groups is 2. The van der Waals surface area contributed by atoms with Gasteiger partial charge in [0.05, 0.1) is 6.26 Å². The molecule has 6 nitrogen and oxygen atoms in total. The molecule has 2 aliphatic rings. The molecule has 1 N–H and O–H groups in total. The predicted molar refractivity (Wildman–Crippen MR) is 113 cm³/mol. The molecule has 1 aromatic heterocycles. The number of rotatable bonds is 6. The van der Waals surface area contributed by atoms with Crippen LogP contribution in [0.25, 0.3) is 0 Å². The van der Waals surface area contributed by atoms with E-state index in [0.29, 0.717) is 18.1 Å². The first kappa shape index (κ1) is 19.6. The van der Waals surface area contributed by atoms with Crippen LogP contribution in [0.15, 0.2) is 47.1 Å². The van der Waals surface area contributed by atoms with E-state index in [9.17, 15) is 9.59 Å². The molecule has 0 bridgehead atoms. The fourth-order valence-corrected chi connectivity index (χ4v) is 4.35. The van der Waals surface area contributed by atoms with Gasteiger partial charge in [-0.15, -0.1) is 0 Å². The molecule has 0 radical (unpaired) electrons. The summed E-state index contributed by atoms with van der Waals surface area (Å²) in [5.74, 6) is 1.12. The van der Waals surface area contributed by atoms with Crippen molar-refractivity contribution in [1.29, 1.82) is 0 Å². The van der Waals surface area contributed by atoms with Gasteiger partial charge in [-0.2, -0.15) is 0 Å². The van der Waals surface area contributed by atoms with Gasteiger partial charge < -0.3 is 19.5 Å². The summed E-state index contributed by atoms with van der Waals surface area (Å²) in [6, 6.07) is 11.1. The van der Waals surface area contributed by atoms with Crippen molar-refractivity contribution in [3.05, 3.63) is 48.4 Å². The zero-order chi connectivity index (χ0) is 20.1. The van der Waals surface area contributed by atoms with Gasteiger partial charge >= 0.3 is 0 Å². The van der Waals surface area contributed by atoms with E-state index in [1.807, 2.05) is 29.2 Å². The first-order chi connectivity index (χ1) is 14.2. The molecule has 1 saturated carbocycles. The van der Waals surface area contributed by atoms with Gasteiger partial charge in [-0.05, 0) is 48.7 Å². The Kier molecular flexibility index (Phi) is 6.17. The van der Waals surface area contributed by atoms with Crippen molar-refractivity contribution in [2.45, 2.75) is 38.5 Å². The molecule has 2 amide bonds. The summed E-state index contributed by atoms with van der Waals surface area (Å²) >= 11 is 0. The second kappa shape index (κ2) is 9.16. The fraction of sp³-hybridized carbons (Fsp3) is 0.478. The van der Waals surface area contributed by atoms with E-state index in [-0.39, 0.29) is 5.91 Å². The van der Waals surface area contributed by atoms with E-state index >= 15 is 0 Å². The lowest BCUT2D eigenvalue weighted by atomic mass is 10.0. The average molecular weight is 396 g/mol. The summed E-state index contributed by atoms with van der Waals surface area (Å²) < 4.78 is 5.11. The number of piperazine rings is 1. The maximum absolute atomic E-state index is 12.5. The van der Waals surface area contributed by atoms with Crippen molar-refractivity contribution in [1.82, 2.24) is 4.90 Å². The maximum Gasteiger partial charge on any atom is 0.291 e. The second-order valence-electron chi connectivity index (χ2n) is 8.04. The molecule has 1 saturated heterocycles. The van der Waals surface area contributed by atoms with Crippen LogP contribution in [0.1, 0.15) is 49.1 Å². The van der Waals surface area contributed by atoms with Gasteiger partial charge in [0.1, 0.15) is 0 Å². The van der Waals surface area contributed by atoms with Crippen molar-refractivity contribution in [2.75, 3.05) is 36.4 Å². The van der Waals surface area contributed by atoms with E-state index in [1.54, 1.807) is 12.1 Å². The summed E-state index contributed by atoms with van der Waals surface area (Å²) in [6.07, 6.45) is 8.53. The number of nitrogens with zero attached hydrogens (tertiary/aromatic N) is 2. The summed E-state index contributed by atoms with van der Waals surface area (Å²) in [4.78, 5) is 28.9. The van der Waals surface area contributed by atoms with Gasteiger partial charge in [0.25, 0.3) is 5.91 Å². The van der Waals surface area contributed by atoms with E-state index < -0.39 is 0 Å². The van der Waals surface area contributed by atoms with Crippen molar-refractivity contribution >= 4 is 23.2 Å². The first-order valence-electron chi connectivity index (χ1n) is 10.7. The van der Waals surface area contributed by atoms with Crippen LogP contribution in [0.5, 0.6) is 0 Å². The largest absolute Gasteiger partial charge is 0.459 e. The highest BCUT2D eigenvalue weighted by molar-refractivity contribution is 6.02. The van der Waals surface area contributed by atoms with Crippen LogP contribution in [0.2, 0.25) is 0 Å². The van der Waals surface area contributed by atoms with Crippen molar-refractivity contribution < 1.29 is 14.0 Å². The third kappa shape index (κ3) is 5.00. The lowest BCUT2D eigenvalue weighted by Crippen LogP contribution is -2.48.